The molecule has 0 saturated heterocycles. The van der Waals surface area contributed by atoms with Crippen LogP contribution in [-0.2, 0) is 11.5 Å². The summed E-state index contributed by atoms with van der Waals surface area (Å²) in [5.41, 5.74) is 0.393. The standard InChI is InChI=1S/C16H16N2O4S/c1-20-13-6-11-12(7-14(13)21-2)17-15(18-16(11)19)9-23-8-10-4-3-5-22-10/h3-7H,8-9H2,1-2H3,(H,17,18,19). The number of aromatic nitrogens is 2. The summed E-state index contributed by atoms with van der Waals surface area (Å²) in [6.45, 7) is 0. The number of ether oxygens (including phenoxy) is 2. The lowest BCUT2D eigenvalue weighted by molar-refractivity contribution is 0.355. The molecule has 0 aliphatic carbocycles. The van der Waals surface area contributed by atoms with Gasteiger partial charge in [0.1, 0.15) is 11.6 Å². The smallest absolute Gasteiger partial charge is 0.258 e. The van der Waals surface area contributed by atoms with Gasteiger partial charge < -0.3 is 18.9 Å². The van der Waals surface area contributed by atoms with Crippen LogP contribution < -0.4 is 15.0 Å². The number of methoxy groups -OCH3 is 2. The first-order valence-electron chi connectivity index (χ1n) is 6.96. The number of rotatable bonds is 6. The van der Waals surface area contributed by atoms with Crippen LogP contribution in [0.1, 0.15) is 11.6 Å². The number of fused-ring (bicyclic) bond motifs is 1. The summed E-state index contributed by atoms with van der Waals surface area (Å²) in [6.07, 6.45) is 1.64. The fourth-order valence-corrected chi connectivity index (χ4v) is 3.02. The Labute approximate surface area is 136 Å². The highest BCUT2D eigenvalue weighted by Gasteiger charge is 2.11. The molecule has 23 heavy (non-hydrogen) atoms. The first kappa shape index (κ1) is 15.5. The molecule has 3 rings (SSSR count). The molecule has 0 fully saturated rings. The molecule has 0 spiro atoms. The first-order chi connectivity index (χ1) is 11.2. The largest absolute Gasteiger partial charge is 0.493 e. The number of furan rings is 1. The lowest BCUT2D eigenvalue weighted by Gasteiger charge is -2.09. The van der Waals surface area contributed by atoms with Gasteiger partial charge in [-0.25, -0.2) is 4.98 Å². The van der Waals surface area contributed by atoms with Crippen molar-refractivity contribution in [1.29, 1.82) is 0 Å². The molecule has 0 saturated carbocycles. The number of thioether (sulfide) groups is 1. The lowest BCUT2D eigenvalue weighted by Crippen LogP contribution is -2.11. The third-order valence-electron chi connectivity index (χ3n) is 3.32. The Balaban J connectivity index is 1.86. The minimum Gasteiger partial charge on any atom is -0.493 e. The molecule has 6 nitrogen and oxygen atoms in total. The van der Waals surface area contributed by atoms with Crippen molar-refractivity contribution in [3.05, 3.63) is 52.5 Å². The van der Waals surface area contributed by atoms with Crippen LogP contribution in [0.4, 0.5) is 0 Å². The predicted octanol–water partition coefficient (Wildman–Crippen LogP) is 2.97. The van der Waals surface area contributed by atoms with Gasteiger partial charge in [-0.2, -0.15) is 0 Å². The molecule has 0 aliphatic rings. The van der Waals surface area contributed by atoms with Crippen molar-refractivity contribution >= 4 is 22.7 Å². The second-order valence-electron chi connectivity index (χ2n) is 4.81. The van der Waals surface area contributed by atoms with Crippen molar-refractivity contribution in [3.63, 3.8) is 0 Å². The van der Waals surface area contributed by atoms with Gasteiger partial charge in [0.2, 0.25) is 0 Å². The number of hydrogen-bond acceptors (Lipinski definition) is 6. The highest BCUT2D eigenvalue weighted by Crippen LogP contribution is 2.30. The molecule has 120 valence electrons. The van der Waals surface area contributed by atoms with E-state index in [0.29, 0.717) is 34.0 Å². The normalized spacial score (nSPS) is 10.9. The summed E-state index contributed by atoms with van der Waals surface area (Å²) >= 11 is 1.62. The van der Waals surface area contributed by atoms with E-state index in [2.05, 4.69) is 9.97 Å². The Morgan fingerprint density at radius 3 is 2.70 bits per heavy atom. The number of nitrogens with one attached hydrogen (secondary N) is 1. The molecule has 0 radical (unpaired) electrons. The molecule has 2 aromatic heterocycles. The van der Waals surface area contributed by atoms with Crippen LogP contribution in [0.15, 0.2) is 39.7 Å². The van der Waals surface area contributed by atoms with Crippen molar-refractivity contribution in [2.75, 3.05) is 14.2 Å². The molecule has 0 atom stereocenters. The lowest BCUT2D eigenvalue weighted by atomic mass is 10.2. The van der Waals surface area contributed by atoms with Gasteiger partial charge in [-0.05, 0) is 18.2 Å². The first-order valence-corrected chi connectivity index (χ1v) is 8.12. The molecule has 0 unspecified atom stereocenters. The van der Waals surface area contributed by atoms with E-state index in [-0.39, 0.29) is 5.56 Å². The third-order valence-corrected chi connectivity index (χ3v) is 4.29. The number of H-pyrrole nitrogens is 1. The van der Waals surface area contributed by atoms with E-state index in [1.165, 1.54) is 7.11 Å². The van der Waals surface area contributed by atoms with E-state index in [9.17, 15) is 4.79 Å². The minimum atomic E-state index is -0.190. The minimum absolute atomic E-state index is 0.190. The van der Waals surface area contributed by atoms with E-state index < -0.39 is 0 Å². The monoisotopic (exact) mass is 332 g/mol. The summed E-state index contributed by atoms with van der Waals surface area (Å²) < 4.78 is 15.8. The fraction of sp³-hybridized carbons (Fsp3) is 0.250. The van der Waals surface area contributed by atoms with Gasteiger partial charge >= 0.3 is 0 Å². The average molecular weight is 332 g/mol. The zero-order valence-electron chi connectivity index (χ0n) is 12.8. The second kappa shape index (κ2) is 6.78. The van der Waals surface area contributed by atoms with Crippen molar-refractivity contribution < 1.29 is 13.9 Å². The maximum Gasteiger partial charge on any atom is 0.258 e. The van der Waals surface area contributed by atoms with Gasteiger partial charge in [-0.15, -0.1) is 11.8 Å². The Morgan fingerprint density at radius 2 is 2.00 bits per heavy atom. The summed E-state index contributed by atoms with van der Waals surface area (Å²) in [5.74, 6) is 3.87. The molecule has 2 heterocycles. The average Bonchev–Trinajstić information content (AvgIpc) is 3.07. The topological polar surface area (TPSA) is 77.4 Å². The Morgan fingerprint density at radius 1 is 1.22 bits per heavy atom. The van der Waals surface area contributed by atoms with Crippen molar-refractivity contribution in [2.45, 2.75) is 11.5 Å². The summed E-state index contributed by atoms with van der Waals surface area (Å²) in [5, 5.41) is 0.474. The highest BCUT2D eigenvalue weighted by molar-refractivity contribution is 7.97. The van der Waals surface area contributed by atoms with E-state index >= 15 is 0 Å². The van der Waals surface area contributed by atoms with Crippen LogP contribution >= 0.6 is 11.8 Å². The zero-order valence-corrected chi connectivity index (χ0v) is 13.6. The van der Waals surface area contributed by atoms with Gasteiger partial charge in [-0.1, -0.05) is 0 Å². The van der Waals surface area contributed by atoms with Crippen LogP contribution in [-0.4, -0.2) is 24.2 Å². The van der Waals surface area contributed by atoms with Crippen LogP contribution in [0.25, 0.3) is 10.9 Å². The molecule has 3 aromatic rings. The molecule has 1 aromatic carbocycles. The molecule has 0 amide bonds. The number of aromatic amines is 1. The fourth-order valence-electron chi connectivity index (χ4n) is 2.23. The summed E-state index contributed by atoms with van der Waals surface area (Å²) in [4.78, 5) is 19.5. The third kappa shape index (κ3) is 3.34. The maximum atomic E-state index is 12.2. The van der Waals surface area contributed by atoms with Gasteiger partial charge in [0.05, 0.1) is 42.9 Å². The highest BCUT2D eigenvalue weighted by atomic mass is 32.2. The van der Waals surface area contributed by atoms with Crippen molar-refractivity contribution in [1.82, 2.24) is 9.97 Å². The van der Waals surface area contributed by atoms with Crippen molar-refractivity contribution in [2.24, 2.45) is 0 Å². The predicted molar refractivity (Wildman–Crippen MR) is 89.2 cm³/mol. The van der Waals surface area contributed by atoms with Gasteiger partial charge in [-0.3, -0.25) is 4.79 Å². The van der Waals surface area contributed by atoms with Crippen LogP contribution in [0, 0.1) is 0 Å². The second-order valence-corrected chi connectivity index (χ2v) is 5.79. The van der Waals surface area contributed by atoms with E-state index in [0.717, 1.165) is 11.5 Å². The molecule has 0 bridgehead atoms. The summed E-state index contributed by atoms with van der Waals surface area (Å²) in [7, 11) is 3.09. The van der Waals surface area contributed by atoms with Gasteiger partial charge in [0.25, 0.3) is 5.56 Å². The Kier molecular flexibility index (Phi) is 4.57. The Hall–Kier alpha value is -2.41. The zero-order chi connectivity index (χ0) is 16.2. The van der Waals surface area contributed by atoms with Crippen LogP contribution in [0.5, 0.6) is 11.5 Å². The van der Waals surface area contributed by atoms with Crippen LogP contribution in [0.2, 0.25) is 0 Å². The number of nitrogens with zero attached hydrogens (tertiary/aromatic N) is 1. The number of hydrogen-bond donors (Lipinski definition) is 1. The summed E-state index contributed by atoms with van der Waals surface area (Å²) in [6, 6.07) is 7.12. The molecular formula is C16H16N2O4S. The number of benzene rings is 1. The van der Waals surface area contributed by atoms with Crippen LogP contribution in [0.3, 0.4) is 0 Å². The van der Waals surface area contributed by atoms with Gasteiger partial charge in [0, 0.05) is 6.07 Å². The van der Waals surface area contributed by atoms with E-state index in [1.54, 1.807) is 37.3 Å². The molecule has 0 aliphatic heterocycles. The van der Waals surface area contributed by atoms with E-state index in [1.807, 2.05) is 12.1 Å². The van der Waals surface area contributed by atoms with Gasteiger partial charge in [0.15, 0.2) is 11.5 Å². The molecule has 7 heteroatoms. The van der Waals surface area contributed by atoms with Crippen molar-refractivity contribution in [3.8, 4) is 11.5 Å². The quantitative estimate of drug-likeness (QED) is 0.748. The molecule has 1 N–H and O–H groups in total. The molecular weight excluding hydrogens is 316 g/mol. The SMILES string of the molecule is COc1cc2nc(CSCc3ccco3)[nH]c(=O)c2cc1OC. The van der Waals surface area contributed by atoms with E-state index in [4.69, 9.17) is 13.9 Å². The Bertz CT molecular complexity index is 858. The maximum absolute atomic E-state index is 12.2.